The Balaban J connectivity index is 1.13. The summed E-state index contributed by atoms with van der Waals surface area (Å²) < 4.78 is 2.15. The zero-order chi connectivity index (χ0) is 25.6. The molecule has 0 spiro atoms. The highest BCUT2D eigenvalue weighted by Gasteiger charge is 2.21. The molecule has 2 N–H and O–H groups in total. The zero-order valence-electron chi connectivity index (χ0n) is 20.9. The second-order valence-electron chi connectivity index (χ2n) is 9.52. The lowest BCUT2D eigenvalue weighted by molar-refractivity contribution is -0.115. The van der Waals surface area contributed by atoms with Crippen LogP contribution >= 0.6 is 11.3 Å². The molecular formula is C29H31N5O2S. The summed E-state index contributed by atoms with van der Waals surface area (Å²) in [5.41, 5.74) is 4.48. The fraction of sp³-hybridized carbons (Fsp3) is 0.310. The van der Waals surface area contributed by atoms with Crippen LogP contribution in [0, 0.1) is 5.92 Å². The molecule has 5 rings (SSSR count). The van der Waals surface area contributed by atoms with Gasteiger partial charge in [-0.2, -0.15) is 0 Å². The van der Waals surface area contributed by atoms with Crippen LogP contribution in [0.2, 0.25) is 0 Å². The van der Waals surface area contributed by atoms with Crippen LogP contribution in [0.5, 0.6) is 0 Å². The number of rotatable bonds is 8. The molecule has 1 saturated carbocycles. The number of thiazole rings is 1. The molecule has 37 heavy (non-hydrogen) atoms. The Morgan fingerprint density at radius 3 is 2.59 bits per heavy atom. The van der Waals surface area contributed by atoms with Gasteiger partial charge in [-0.15, -0.1) is 11.3 Å². The van der Waals surface area contributed by atoms with Gasteiger partial charge in [0, 0.05) is 41.8 Å². The van der Waals surface area contributed by atoms with E-state index in [4.69, 9.17) is 0 Å². The van der Waals surface area contributed by atoms with Gasteiger partial charge in [0.2, 0.25) is 5.91 Å². The summed E-state index contributed by atoms with van der Waals surface area (Å²) in [5, 5.41) is 7.93. The van der Waals surface area contributed by atoms with Gasteiger partial charge in [-0.3, -0.25) is 14.6 Å². The lowest BCUT2D eigenvalue weighted by atomic mass is 9.84. The molecule has 0 atom stereocenters. The van der Waals surface area contributed by atoms with Gasteiger partial charge in [-0.25, -0.2) is 4.98 Å². The van der Waals surface area contributed by atoms with E-state index in [1.165, 1.54) is 30.6 Å². The van der Waals surface area contributed by atoms with Gasteiger partial charge in [0.15, 0.2) is 5.13 Å². The van der Waals surface area contributed by atoms with E-state index in [1.807, 2.05) is 54.2 Å². The third-order valence-electron chi connectivity index (χ3n) is 7.12. The maximum absolute atomic E-state index is 12.6. The first kappa shape index (κ1) is 24.9. The van der Waals surface area contributed by atoms with E-state index in [2.05, 4.69) is 38.2 Å². The van der Waals surface area contributed by atoms with Crippen LogP contribution in [0.25, 0.3) is 22.4 Å². The number of nitrogens with zero attached hydrogens (tertiary/aromatic N) is 3. The second-order valence-corrected chi connectivity index (χ2v) is 10.4. The molecule has 0 unspecified atom stereocenters. The van der Waals surface area contributed by atoms with Gasteiger partial charge < -0.3 is 15.2 Å². The number of pyridine rings is 1. The Morgan fingerprint density at radius 1 is 1.03 bits per heavy atom. The minimum absolute atomic E-state index is 0.113. The van der Waals surface area contributed by atoms with Crippen molar-refractivity contribution >= 4 is 28.3 Å². The van der Waals surface area contributed by atoms with Gasteiger partial charge in [-0.1, -0.05) is 31.5 Å². The van der Waals surface area contributed by atoms with E-state index in [0.29, 0.717) is 16.7 Å². The van der Waals surface area contributed by atoms with Crippen molar-refractivity contribution in [3.8, 4) is 22.4 Å². The molecule has 1 aromatic carbocycles. The lowest BCUT2D eigenvalue weighted by Gasteiger charge is -2.28. The Labute approximate surface area is 221 Å². The topological polar surface area (TPSA) is 88.9 Å². The molecule has 1 fully saturated rings. The van der Waals surface area contributed by atoms with E-state index < -0.39 is 0 Å². The molecule has 0 bridgehead atoms. The molecule has 0 saturated heterocycles. The molecule has 3 heterocycles. The normalized spacial score (nSPS) is 17.3. The van der Waals surface area contributed by atoms with Crippen LogP contribution in [0.1, 0.15) is 55.4 Å². The summed E-state index contributed by atoms with van der Waals surface area (Å²) in [7, 11) is 0. The molecular weight excluding hydrogens is 482 g/mol. The number of nitrogens with one attached hydrogen (secondary N) is 2. The highest BCUT2D eigenvalue weighted by atomic mass is 32.1. The molecule has 8 heteroatoms. The predicted molar refractivity (Wildman–Crippen MR) is 147 cm³/mol. The number of hydrogen-bond acceptors (Lipinski definition) is 5. The first-order chi connectivity index (χ1) is 18.1. The molecule has 1 aliphatic rings. The average molecular weight is 514 g/mol. The maximum Gasteiger partial charge on any atom is 0.253 e. The van der Waals surface area contributed by atoms with Gasteiger partial charge in [0.05, 0.1) is 17.8 Å². The number of carbonyl (C=O) groups is 2. The van der Waals surface area contributed by atoms with E-state index in [-0.39, 0.29) is 18.4 Å². The predicted octanol–water partition coefficient (Wildman–Crippen LogP) is 6.18. The van der Waals surface area contributed by atoms with Crippen LogP contribution in [-0.4, -0.2) is 32.9 Å². The molecule has 4 aromatic rings. The summed E-state index contributed by atoms with van der Waals surface area (Å²) >= 11 is 1.36. The Kier molecular flexibility index (Phi) is 7.75. The second kappa shape index (κ2) is 11.5. The van der Waals surface area contributed by atoms with Gasteiger partial charge in [0.25, 0.3) is 5.91 Å². The number of hydrogen-bond donors (Lipinski definition) is 2. The van der Waals surface area contributed by atoms with Crippen molar-refractivity contribution in [2.45, 2.75) is 45.1 Å². The van der Waals surface area contributed by atoms with Crippen LogP contribution in [0.15, 0.2) is 72.6 Å². The van der Waals surface area contributed by atoms with E-state index >= 15 is 0 Å². The van der Waals surface area contributed by atoms with Crippen molar-refractivity contribution in [1.29, 1.82) is 0 Å². The van der Waals surface area contributed by atoms with Crippen molar-refractivity contribution in [2.24, 2.45) is 5.92 Å². The maximum atomic E-state index is 12.6. The molecule has 0 aliphatic heterocycles. The third-order valence-corrected chi connectivity index (χ3v) is 7.88. The fourth-order valence-electron chi connectivity index (χ4n) is 4.92. The fourth-order valence-corrected chi connectivity index (χ4v) is 5.65. The number of aromatic nitrogens is 3. The quantitative estimate of drug-likeness (QED) is 0.294. The van der Waals surface area contributed by atoms with Crippen molar-refractivity contribution in [3.63, 3.8) is 0 Å². The van der Waals surface area contributed by atoms with Crippen LogP contribution in [0.4, 0.5) is 5.13 Å². The smallest absolute Gasteiger partial charge is 0.253 e. The molecule has 3 aromatic heterocycles. The van der Waals surface area contributed by atoms with Gasteiger partial charge in [0.1, 0.15) is 0 Å². The van der Waals surface area contributed by atoms with Crippen LogP contribution < -0.4 is 10.6 Å². The van der Waals surface area contributed by atoms with Gasteiger partial charge in [-0.05, 0) is 67.0 Å². The lowest BCUT2D eigenvalue weighted by Crippen LogP contribution is -2.32. The summed E-state index contributed by atoms with van der Waals surface area (Å²) in [6.07, 6.45) is 13.5. The van der Waals surface area contributed by atoms with Crippen molar-refractivity contribution in [1.82, 2.24) is 19.9 Å². The van der Waals surface area contributed by atoms with E-state index in [0.717, 1.165) is 41.1 Å². The number of benzene rings is 1. The number of anilines is 1. The van der Waals surface area contributed by atoms with Crippen molar-refractivity contribution < 1.29 is 9.59 Å². The third kappa shape index (κ3) is 6.14. The molecule has 2 amide bonds. The molecule has 190 valence electrons. The SMILES string of the molecule is CCC1CCC(n2ccc(C(=O)NCC(=O)Nc3nc(-c4cccc(-c5ccncc5)c4)cs3)c2)CC1. The van der Waals surface area contributed by atoms with Crippen LogP contribution in [-0.2, 0) is 4.79 Å². The first-order valence-electron chi connectivity index (χ1n) is 12.8. The monoisotopic (exact) mass is 513 g/mol. The average Bonchev–Trinajstić information content (AvgIpc) is 3.63. The summed E-state index contributed by atoms with van der Waals surface area (Å²) in [6, 6.07) is 14.3. The van der Waals surface area contributed by atoms with Crippen molar-refractivity contribution in [3.05, 3.63) is 78.2 Å². The van der Waals surface area contributed by atoms with E-state index in [9.17, 15) is 9.59 Å². The summed E-state index contributed by atoms with van der Waals surface area (Å²) in [6.45, 7) is 2.15. The Bertz CT molecular complexity index is 1360. The van der Waals surface area contributed by atoms with E-state index in [1.54, 1.807) is 12.4 Å². The highest BCUT2D eigenvalue weighted by Crippen LogP contribution is 2.34. The Morgan fingerprint density at radius 2 is 1.81 bits per heavy atom. The van der Waals surface area contributed by atoms with Crippen molar-refractivity contribution in [2.75, 3.05) is 11.9 Å². The van der Waals surface area contributed by atoms with Gasteiger partial charge >= 0.3 is 0 Å². The minimum Gasteiger partial charge on any atom is -0.350 e. The Hall–Kier alpha value is -3.78. The number of amides is 2. The molecule has 7 nitrogen and oxygen atoms in total. The summed E-state index contributed by atoms with van der Waals surface area (Å²) in [5.74, 6) is 0.278. The summed E-state index contributed by atoms with van der Waals surface area (Å²) in [4.78, 5) is 33.7. The van der Waals surface area contributed by atoms with Crippen LogP contribution in [0.3, 0.4) is 0 Å². The molecule has 0 radical (unpaired) electrons. The molecule has 1 aliphatic carbocycles. The largest absolute Gasteiger partial charge is 0.350 e. The standard InChI is InChI=1S/C29H31N5O2S/c1-2-20-6-8-25(9-7-20)34-15-12-24(18-34)28(36)31-17-27(35)33-29-32-26(19-37-29)23-5-3-4-22(16-23)21-10-13-30-14-11-21/h3-5,10-16,18-20,25H,2,6-9,17H2,1H3,(H,31,36)(H,32,33,35). The first-order valence-corrected chi connectivity index (χ1v) is 13.7. The zero-order valence-corrected chi connectivity index (χ0v) is 21.7. The minimum atomic E-state index is -0.308. The number of carbonyl (C=O) groups excluding carboxylic acids is 2. The highest BCUT2D eigenvalue weighted by molar-refractivity contribution is 7.14.